The molecule has 0 atom stereocenters. The second-order valence-electron chi connectivity index (χ2n) is 4.52. The topological polar surface area (TPSA) is 66.0 Å². The lowest BCUT2D eigenvalue weighted by Crippen LogP contribution is -2.46. The van der Waals surface area contributed by atoms with E-state index in [0.29, 0.717) is 22.2 Å². The van der Waals surface area contributed by atoms with Gasteiger partial charge in [0.15, 0.2) is 5.11 Å². The Labute approximate surface area is 152 Å². The number of hydrogen-bond acceptors (Lipinski definition) is 4. The summed E-state index contributed by atoms with van der Waals surface area (Å²) in [6, 6.07) is 7.79. The first-order valence-electron chi connectivity index (χ1n) is 6.69. The molecule has 0 spiro atoms. The van der Waals surface area contributed by atoms with E-state index in [1.165, 1.54) is 11.3 Å². The van der Waals surface area contributed by atoms with Crippen molar-refractivity contribution in [3.05, 3.63) is 52.0 Å². The van der Waals surface area contributed by atoms with Gasteiger partial charge in [0.1, 0.15) is 9.88 Å². The number of aromatic nitrogens is 1. The van der Waals surface area contributed by atoms with E-state index in [2.05, 4.69) is 43.7 Å². The zero-order valence-electron chi connectivity index (χ0n) is 12.4. The van der Waals surface area contributed by atoms with Gasteiger partial charge in [0.25, 0.3) is 5.91 Å². The maximum absolute atomic E-state index is 12.2. The van der Waals surface area contributed by atoms with Gasteiger partial charge in [-0.2, -0.15) is 0 Å². The lowest BCUT2D eigenvalue weighted by atomic mass is 10.2. The molecular formula is C15H15BrN4OS2. The van der Waals surface area contributed by atoms with E-state index in [4.69, 9.17) is 12.2 Å². The molecule has 0 saturated heterocycles. The molecule has 1 aromatic heterocycles. The highest BCUT2D eigenvalue weighted by atomic mass is 79.9. The number of halogens is 1. The van der Waals surface area contributed by atoms with Gasteiger partial charge in [-0.15, -0.1) is 17.9 Å². The zero-order valence-corrected chi connectivity index (χ0v) is 15.6. The van der Waals surface area contributed by atoms with Crippen LogP contribution in [0.4, 0.5) is 0 Å². The van der Waals surface area contributed by atoms with Crippen LogP contribution < -0.4 is 16.2 Å². The summed E-state index contributed by atoms with van der Waals surface area (Å²) in [7, 11) is 0. The molecule has 8 heteroatoms. The third kappa shape index (κ3) is 4.85. The van der Waals surface area contributed by atoms with Crippen molar-refractivity contribution < 1.29 is 4.79 Å². The van der Waals surface area contributed by atoms with E-state index in [1.807, 2.05) is 31.2 Å². The van der Waals surface area contributed by atoms with Gasteiger partial charge >= 0.3 is 0 Å². The van der Waals surface area contributed by atoms with Gasteiger partial charge in [-0.25, -0.2) is 4.98 Å². The summed E-state index contributed by atoms with van der Waals surface area (Å²) in [6.07, 6.45) is 1.67. The number of rotatable bonds is 4. The number of nitrogens with one attached hydrogen (secondary N) is 3. The van der Waals surface area contributed by atoms with Gasteiger partial charge in [-0.3, -0.25) is 15.6 Å². The fourth-order valence-corrected chi connectivity index (χ4v) is 3.07. The maximum Gasteiger partial charge on any atom is 0.281 e. The van der Waals surface area contributed by atoms with Crippen LogP contribution in [0.15, 0.2) is 41.4 Å². The van der Waals surface area contributed by atoms with Crippen molar-refractivity contribution in [2.45, 2.75) is 6.92 Å². The van der Waals surface area contributed by atoms with E-state index in [1.54, 1.807) is 6.08 Å². The molecule has 1 aromatic carbocycles. The molecule has 3 N–H and O–H groups in total. The third-order valence-electron chi connectivity index (χ3n) is 2.79. The van der Waals surface area contributed by atoms with Crippen molar-refractivity contribution >= 4 is 50.5 Å². The van der Waals surface area contributed by atoms with Crippen LogP contribution in [-0.2, 0) is 0 Å². The molecule has 0 aliphatic rings. The minimum absolute atomic E-state index is 0.272. The highest BCUT2D eigenvalue weighted by molar-refractivity contribution is 9.10. The summed E-state index contributed by atoms with van der Waals surface area (Å²) in [5.74, 6) is -0.272. The van der Waals surface area contributed by atoms with E-state index >= 15 is 0 Å². The summed E-state index contributed by atoms with van der Waals surface area (Å²) in [6.45, 7) is 5.91. The van der Waals surface area contributed by atoms with E-state index in [9.17, 15) is 4.79 Å². The number of benzene rings is 1. The Hall–Kier alpha value is -1.77. The van der Waals surface area contributed by atoms with Crippen LogP contribution in [0, 0.1) is 6.92 Å². The zero-order chi connectivity index (χ0) is 16.8. The van der Waals surface area contributed by atoms with Crippen molar-refractivity contribution in [2.75, 3.05) is 6.54 Å². The van der Waals surface area contributed by atoms with Crippen molar-refractivity contribution in [2.24, 2.45) is 0 Å². The fraction of sp³-hybridized carbons (Fsp3) is 0.133. The van der Waals surface area contributed by atoms with E-state index in [-0.39, 0.29) is 5.91 Å². The summed E-state index contributed by atoms with van der Waals surface area (Å²) < 4.78 is 0.997. The van der Waals surface area contributed by atoms with Crippen molar-refractivity contribution in [1.82, 2.24) is 21.2 Å². The average molecular weight is 411 g/mol. The number of thiazole rings is 1. The Morgan fingerprint density at radius 1 is 1.39 bits per heavy atom. The van der Waals surface area contributed by atoms with Gasteiger partial charge in [-0.05, 0) is 31.3 Å². The lowest BCUT2D eigenvalue weighted by Gasteiger charge is -2.09. The molecule has 0 aliphatic carbocycles. The number of aryl methyl sites for hydroxylation is 1. The van der Waals surface area contributed by atoms with E-state index < -0.39 is 0 Å². The molecule has 0 saturated carbocycles. The minimum Gasteiger partial charge on any atom is -0.358 e. The molecule has 0 bridgehead atoms. The van der Waals surface area contributed by atoms with Gasteiger partial charge in [0.2, 0.25) is 0 Å². The quantitative estimate of drug-likeness (QED) is 0.410. The normalized spacial score (nSPS) is 10.0. The fourth-order valence-electron chi connectivity index (χ4n) is 1.70. The average Bonchev–Trinajstić information content (AvgIpc) is 2.93. The third-order valence-corrected chi connectivity index (χ3v) is 4.77. The molecular weight excluding hydrogens is 396 g/mol. The monoisotopic (exact) mass is 410 g/mol. The Balaban J connectivity index is 2.05. The van der Waals surface area contributed by atoms with Crippen molar-refractivity contribution in [1.29, 1.82) is 0 Å². The molecule has 2 rings (SSSR count). The number of hydrazine groups is 1. The molecule has 5 nitrogen and oxygen atoms in total. The van der Waals surface area contributed by atoms with Gasteiger partial charge in [0.05, 0.1) is 5.69 Å². The number of hydrogen-bond donors (Lipinski definition) is 3. The first kappa shape index (κ1) is 17.6. The standard InChI is InChI=1S/C15H15BrN4OS2/c1-3-8-17-15(22)20-19-13(21)12-9(2)18-14(23-12)10-4-6-11(16)7-5-10/h3-7H,1,8H2,2H3,(H,19,21)(H2,17,20,22). The smallest absolute Gasteiger partial charge is 0.281 e. The van der Waals surface area contributed by atoms with Crippen LogP contribution in [0.2, 0.25) is 0 Å². The maximum atomic E-state index is 12.2. The van der Waals surface area contributed by atoms with Crippen LogP contribution in [0.25, 0.3) is 10.6 Å². The van der Waals surface area contributed by atoms with Crippen LogP contribution in [0.5, 0.6) is 0 Å². The van der Waals surface area contributed by atoms with Crippen LogP contribution in [0.3, 0.4) is 0 Å². The van der Waals surface area contributed by atoms with Crippen LogP contribution >= 0.6 is 39.5 Å². The van der Waals surface area contributed by atoms with Crippen LogP contribution in [0.1, 0.15) is 15.4 Å². The number of nitrogens with zero attached hydrogens (tertiary/aromatic N) is 1. The van der Waals surface area contributed by atoms with E-state index in [0.717, 1.165) is 15.0 Å². The number of carbonyl (C=O) groups is 1. The number of carbonyl (C=O) groups excluding carboxylic acids is 1. The molecule has 1 amide bonds. The minimum atomic E-state index is -0.272. The largest absolute Gasteiger partial charge is 0.358 e. The Kier molecular flexibility index (Phi) is 6.26. The summed E-state index contributed by atoms with van der Waals surface area (Å²) in [5, 5.41) is 3.99. The lowest BCUT2D eigenvalue weighted by molar-refractivity contribution is 0.0947. The predicted octanol–water partition coefficient (Wildman–Crippen LogP) is 3.18. The summed E-state index contributed by atoms with van der Waals surface area (Å²) in [5.41, 5.74) is 6.85. The molecule has 2 aromatic rings. The summed E-state index contributed by atoms with van der Waals surface area (Å²) in [4.78, 5) is 17.2. The SMILES string of the molecule is C=CCNC(=S)NNC(=O)c1sc(-c2ccc(Br)cc2)nc1C. The Morgan fingerprint density at radius 2 is 2.09 bits per heavy atom. The molecule has 0 radical (unpaired) electrons. The highest BCUT2D eigenvalue weighted by Crippen LogP contribution is 2.28. The second kappa shape index (κ2) is 8.19. The molecule has 23 heavy (non-hydrogen) atoms. The van der Waals surface area contributed by atoms with Gasteiger partial charge in [-0.1, -0.05) is 34.1 Å². The van der Waals surface area contributed by atoms with Crippen LogP contribution in [-0.4, -0.2) is 22.5 Å². The van der Waals surface area contributed by atoms with Crippen molar-refractivity contribution in [3.8, 4) is 10.6 Å². The Morgan fingerprint density at radius 3 is 2.74 bits per heavy atom. The molecule has 0 unspecified atom stereocenters. The predicted molar refractivity (Wildman–Crippen MR) is 101 cm³/mol. The molecule has 0 fully saturated rings. The first-order chi connectivity index (χ1) is 11.0. The van der Waals surface area contributed by atoms with Gasteiger partial charge in [0, 0.05) is 16.6 Å². The number of amides is 1. The molecule has 0 aliphatic heterocycles. The molecule has 120 valence electrons. The van der Waals surface area contributed by atoms with Crippen molar-refractivity contribution in [3.63, 3.8) is 0 Å². The summed E-state index contributed by atoms with van der Waals surface area (Å²) >= 11 is 9.75. The van der Waals surface area contributed by atoms with Gasteiger partial charge < -0.3 is 5.32 Å². The molecule has 1 heterocycles. The highest BCUT2D eigenvalue weighted by Gasteiger charge is 2.16. The Bertz CT molecular complexity index is 728. The first-order valence-corrected chi connectivity index (χ1v) is 8.71. The second-order valence-corrected chi connectivity index (χ2v) is 6.84. The number of thiocarbonyl (C=S) groups is 1.